The second-order valence-corrected chi connectivity index (χ2v) is 5.84. The van der Waals surface area contributed by atoms with Crippen molar-refractivity contribution in [2.75, 3.05) is 13.1 Å². The van der Waals surface area contributed by atoms with E-state index < -0.39 is 6.17 Å². The van der Waals surface area contributed by atoms with Gasteiger partial charge in [-0.15, -0.1) is 0 Å². The molecule has 0 amide bonds. The van der Waals surface area contributed by atoms with Crippen molar-refractivity contribution in [2.45, 2.75) is 58.3 Å². The van der Waals surface area contributed by atoms with Crippen molar-refractivity contribution in [1.82, 2.24) is 10.6 Å². The van der Waals surface area contributed by atoms with Gasteiger partial charge in [-0.2, -0.15) is 0 Å². The molecule has 0 aromatic carbocycles. The highest BCUT2D eigenvalue weighted by atomic mass is 19.1. The Bertz CT molecular complexity index is 189. The molecule has 1 aliphatic rings. The third-order valence-corrected chi connectivity index (χ3v) is 2.96. The first-order chi connectivity index (χ1) is 6.88. The highest BCUT2D eigenvalue weighted by Crippen LogP contribution is 2.18. The van der Waals surface area contributed by atoms with E-state index in [9.17, 15) is 4.39 Å². The molecule has 1 heterocycles. The van der Waals surface area contributed by atoms with Gasteiger partial charge in [0, 0.05) is 18.1 Å². The van der Waals surface area contributed by atoms with E-state index in [1.165, 1.54) is 6.42 Å². The van der Waals surface area contributed by atoms with Crippen LogP contribution in [0.4, 0.5) is 4.39 Å². The van der Waals surface area contributed by atoms with Crippen LogP contribution in [0.15, 0.2) is 0 Å². The van der Waals surface area contributed by atoms with Crippen molar-refractivity contribution < 1.29 is 4.39 Å². The average Bonchev–Trinajstić information content (AvgIpc) is 2.13. The molecule has 0 aromatic heterocycles. The molecule has 1 rings (SSSR count). The minimum Gasteiger partial charge on any atom is -0.311 e. The molecule has 0 aromatic rings. The quantitative estimate of drug-likeness (QED) is 0.755. The summed E-state index contributed by atoms with van der Waals surface area (Å²) >= 11 is 0. The summed E-state index contributed by atoms with van der Waals surface area (Å²) in [5.41, 5.74) is 0.00459. The van der Waals surface area contributed by atoms with Gasteiger partial charge < -0.3 is 10.6 Å². The summed E-state index contributed by atoms with van der Waals surface area (Å²) in [6, 6.07) is 0.0450. The Balaban J connectivity index is 2.29. The predicted octanol–water partition coefficient (Wildman–Crippen LogP) is 2.10. The molecule has 2 nitrogen and oxygen atoms in total. The van der Waals surface area contributed by atoms with Crippen molar-refractivity contribution in [3.8, 4) is 0 Å². The molecule has 1 fully saturated rings. The fraction of sp³-hybridized carbons (Fsp3) is 1.00. The average molecular weight is 216 g/mol. The summed E-state index contributed by atoms with van der Waals surface area (Å²) in [6.45, 7) is 9.82. The van der Waals surface area contributed by atoms with Crippen LogP contribution in [0, 0.1) is 5.92 Å². The van der Waals surface area contributed by atoms with Crippen molar-refractivity contribution in [2.24, 2.45) is 5.92 Å². The normalized spacial score (nSPS) is 30.2. The van der Waals surface area contributed by atoms with Gasteiger partial charge in [0.1, 0.15) is 6.17 Å². The molecule has 2 N–H and O–H groups in total. The van der Waals surface area contributed by atoms with Gasteiger partial charge in [-0.1, -0.05) is 6.92 Å². The van der Waals surface area contributed by atoms with Crippen molar-refractivity contribution in [3.63, 3.8) is 0 Å². The molecule has 1 aliphatic heterocycles. The Hall–Kier alpha value is -0.150. The van der Waals surface area contributed by atoms with Gasteiger partial charge in [0.15, 0.2) is 0 Å². The first-order valence-corrected chi connectivity index (χ1v) is 6.01. The van der Waals surface area contributed by atoms with Crippen LogP contribution in [-0.2, 0) is 0 Å². The second-order valence-electron chi connectivity index (χ2n) is 5.84. The SMILES string of the molecule is CC1CCNC(C(F)CNC(C)(C)C)C1. The molecular formula is C12H25FN2. The van der Waals surface area contributed by atoms with Gasteiger partial charge in [-0.3, -0.25) is 0 Å². The number of piperidine rings is 1. The van der Waals surface area contributed by atoms with Gasteiger partial charge in [0.25, 0.3) is 0 Å². The van der Waals surface area contributed by atoms with E-state index in [-0.39, 0.29) is 11.6 Å². The topological polar surface area (TPSA) is 24.1 Å². The molecule has 3 unspecified atom stereocenters. The van der Waals surface area contributed by atoms with Crippen LogP contribution in [0.5, 0.6) is 0 Å². The lowest BCUT2D eigenvalue weighted by molar-refractivity contribution is 0.178. The molecule has 3 heteroatoms. The van der Waals surface area contributed by atoms with Crippen molar-refractivity contribution in [1.29, 1.82) is 0 Å². The Labute approximate surface area is 93.0 Å². The summed E-state index contributed by atoms with van der Waals surface area (Å²) in [5.74, 6) is 0.657. The molecule has 0 aliphatic carbocycles. The largest absolute Gasteiger partial charge is 0.311 e. The lowest BCUT2D eigenvalue weighted by Gasteiger charge is -2.32. The van der Waals surface area contributed by atoms with Gasteiger partial charge in [-0.05, 0) is 46.1 Å². The van der Waals surface area contributed by atoms with Crippen LogP contribution < -0.4 is 10.6 Å². The Morgan fingerprint density at radius 1 is 1.47 bits per heavy atom. The molecule has 1 saturated heterocycles. The number of nitrogens with one attached hydrogen (secondary N) is 2. The van der Waals surface area contributed by atoms with Crippen LogP contribution in [0.1, 0.15) is 40.5 Å². The summed E-state index contributed by atoms with van der Waals surface area (Å²) in [4.78, 5) is 0. The molecule has 0 bridgehead atoms. The zero-order valence-corrected chi connectivity index (χ0v) is 10.4. The van der Waals surface area contributed by atoms with Crippen LogP contribution in [0.3, 0.4) is 0 Å². The van der Waals surface area contributed by atoms with Crippen LogP contribution in [0.25, 0.3) is 0 Å². The van der Waals surface area contributed by atoms with E-state index in [1.807, 2.05) is 0 Å². The van der Waals surface area contributed by atoms with Crippen LogP contribution >= 0.6 is 0 Å². The van der Waals surface area contributed by atoms with E-state index in [2.05, 4.69) is 38.3 Å². The lowest BCUT2D eigenvalue weighted by atomic mass is 9.91. The van der Waals surface area contributed by atoms with Crippen molar-refractivity contribution in [3.05, 3.63) is 0 Å². The zero-order valence-electron chi connectivity index (χ0n) is 10.4. The molecule has 0 saturated carbocycles. The lowest BCUT2D eigenvalue weighted by Crippen LogP contribution is -2.49. The van der Waals surface area contributed by atoms with Gasteiger partial charge in [-0.25, -0.2) is 4.39 Å². The summed E-state index contributed by atoms with van der Waals surface area (Å²) in [7, 11) is 0. The fourth-order valence-electron chi connectivity index (χ4n) is 1.97. The maximum atomic E-state index is 13.9. The van der Waals surface area contributed by atoms with Gasteiger partial charge in [0.2, 0.25) is 0 Å². The van der Waals surface area contributed by atoms with E-state index in [0.29, 0.717) is 12.5 Å². The molecule has 90 valence electrons. The highest BCUT2D eigenvalue weighted by Gasteiger charge is 2.26. The van der Waals surface area contributed by atoms with E-state index in [4.69, 9.17) is 0 Å². The Morgan fingerprint density at radius 2 is 2.13 bits per heavy atom. The van der Waals surface area contributed by atoms with Crippen molar-refractivity contribution >= 4 is 0 Å². The van der Waals surface area contributed by atoms with Crippen LogP contribution in [-0.4, -0.2) is 30.8 Å². The maximum absolute atomic E-state index is 13.9. The summed E-state index contributed by atoms with van der Waals surface area (Å²) < 4.78 is 13.9. The molecular weight excluding hydrogens is 191 g/mol. The monoisotopic (exact) mass is 216 g/mol. The predicted molar refractivity (Wildman–Crippen MR) is 62.8 cm³/mol. The highest BCUT2D eigenvalue weighted by molar-refractivity contribution is 4.85. The Morgan fingerprint density at radius 3 is 2.67 bits per heavy atom. The number of alkyl halides is 1. The maximum Gasteiger partial charge on any atom is 0.128 e. The van der Waals surface area contributed by atoms with Crippen LogP contribution in [0.2, 0.25) is 0 Å². The number of halogens is 1. The fourth-order valence-corrected chi connectivity index (χ4v) is 1.97. The number of rotatable bonds is 3. The zero-order chi connectivity index (χ0) is 11.5. The molecule has 15 heavy (non-hydrogen) atoms. The number of hydrogen-bond acceptors (Lipinski definition) is 2. The molecule has 3 atom stereocenters. The minimum absolute atomic E-state index is 0.00459. The van der Waals surface area contributed by atoms with E-state index in [1.54, 1.807) is 0 Å². The molecule has 0 spiro atoms. The summed E-state index contributed by atoms with van der Waals surface area (Å²) in [5, 5.41) is 6.49. The third-order valence-electron chi connectivity index (χ3n) is 2.96. The number of hydrogen-bond donors (Lipinski definition) is 2. The summed E-state index contributed by atoms with van der Waals surface area (Å²) in [6.07, 6.45) is 1.37. The first-order valence-electron chi connectivity index (χ1n) is 6.01. The second kappa shape index (κ2) is 5.26. The van der Waals surface area contributed by atoms with Gasteiger partial charge in [0.05, 0.1) is 0 Å². The minimum atomic E-state index is -0.771. The first kappa shape index (κ1) is 12.9. The smallest absolute Gasteiger partial charge is 0.128 e. The third kappa shape index (κ3) is 4.94. The molecule has 0 radical (unpaired) electrons. The Kier molecular flexibility index (Phi) is 4.53. The van der Waals surface area contributed by atoms with E-state index in [0.717, 1.165) is 13.0 Å². The standard InChI is InChI=1S/C12H25FN2/c1-9-5-6-14-11(7-9)10(13)8-15-12(2,3)4/h9-11,14-15H,5-8H2,1-4H3. The van der Waals surface area contributed by atoms with Gasteiger partial charge >= 0.3 is 0 Å². The van der Waals surface area contributed by atoms with E-state index >= 15 is 0 Å².